The Morgan fingerprint density at radius 2 is 2.22 bits per heavy atom. The van der Waals surface area contributed by atoms with E-state index in [1.807, 2.05) is 6.92 Å². The highest BCUT2D eigenvalue weighted by atomic mass is 15.2. The molecule has 1 atom stereocenters. The van der Waals surface area contributed by atoms with Gasteiger partial charge in [-0.1, -0.05) is 6.92 Å². The Morgan fingerprint density at radius 1 is 1.44 bits per heavy atom. The average Bonchev–Trinajstić information content (AvgIpc) is 2.37. The Bertz CT molecular complexity index is 405. The highest BCUT2D eigenvalue weighted by Gasteiger charge is 2.22. The maximum atomic E-state index is 4.58. The molecule has 18 heavy (non-hydrogen) atoms. The Labute approximate surface area is 110 Å². The first kappa shape index (κ1) is 13.3. The van der Waals surface area contributed by atoms with Gasteiger partial charge in [-0.2, -0.15) is 0 Å². The summed E-state index contributed by atoms with van der Waals surface area (Å²) in [6.07, 6.45) is 3.50. The van der Waals surface area contributed by atoms with Gasteiger partial charge in [0.2, 0.25) is 0 Å². The van der Waals surface area contributed by atoms with Gasteiger partial charge in [0, 0.05) is 31.4 Å². The highest BCUT2D eigenvalue weighted by Crippen LogP contribution is 2.20. The third-order valence-electron chi connectivity index (χ3n) is 3.75. The monoisotopic (exact) mass is 248 g/mol. The van der Waals surface area contributed by atoms with Crippen LogP contribution in [0.25, 0.3) is 0 Å². The second-order valence-corrected chi connectivity index (χ2v) is 5.29. The molecule has 0 aromatic carbocycles. The number of aromatic nitrogens is 2. The molecule has 1 aromatic rings. The normalized spacial score (nSPS) is 21.0. The Balaban J connectivity index is 2.16. The lowest BCUT2D eigenvalue weighted by molar-refractivity contribution is 0.247. The number of likely N-dealkylation sites (tertiary alicyclic amines) is 1. The van der Waals surface area contributed by atoms with Crippen LogP contribution in [0.1, 0.15) is 31.3 Å². The van der Waals surface area contributed by atoms with Gasteiger partial charge < -0.3 is 9.80 Å². The molecule has 0 bridgehead atoms. The van der Waals surface area contributed by atoms with Crippen LogP contribution in [0.15, 0.2) is 6.07 Å². The first-order valence-electron chi connectivity index (χ1n) is 6.86. The van der Waals surface area contributed by atoms with Gasteiger partial charge in [0.05, 0.1) is 0 Å². The molecule has 1 fully saturated rings. The summed E-state index contributed by atoms with van der Waals surface area (Å²) in [4.78, 5) is 13.8. The number of hydrogen-bond donors (Lipinski definition) is 0. The van der Waals surface area contributed by atoms with Crippen LogP contribution < -0.4 is 4.90 Å². The number of anilines is 1. The summed E-state index contributed by atoms with van der Waals surface area (Å²) in [5, 5.41) is 0. The summed E-state index contributed by atoms with van der Waals surface area (Å²) >= 11 is 0. The van der Waals surface area contributed by atoms with Gasteiger partial charge in [-0.05, 0) is 39.8 Å². The number of rotatable bonds is 3. The van der Waals surface area contributed by atoms with E-state index in [1.165, 1.54) is 19.4 Å². The summed E-state index contributed by atoms with van der Waals surface area (Å²) in [6, 6.07) is 2.70. The van der Waals surface area contributed by atoms with Crippen molar-refractivity contribution >= 4 is 5.82 Å². The van der Waals surface area contributed by atoms with Crippen LogP contribution in [0.5, 0.6) is 0 Å². The minimum atomic E-state index is 0.572. The van der Waals surface area contributed by atoms with E-state index < -0.39 is 0 Å². The van der Waals surface area contributed by atoms with Crippen molar-refractivity contribution in [1.29, 1.82) is 0 Å². The van der Waals surface area contributed by atoms with Crippen LogP contribution in [0, 0.1) is 6.92 Å². The lowest BCUT2D eigenvalue weighted by Crippen LogP contribution is -2.45. The molecule has 4 nitrogen and oxygen atoms in total. The number of piperidine rings is 1. The summed E-state index contributed by atoms with van der Waals surface area (Å²) in [5.41, 5.74) is 1.13. The van der Waals surface area contributed by atoms with E-state index in [9.17, 15) is 0 Å². The molecule has 0 N–H and O–H groups in total. The number of nitrogens with zero attached hydrogens (tertiary/aromatic N) is 4. The van der Waals surface area contributed by atoms with Crippen molar-refractivity contribution in [1.82, 2.24) is 14.9 Å². The lowest BCUT2D eigenvalue weighted by Gasteiger charge is -2.36. The zero-order valence-electron chi connectivity index (χ0n) is 12.0. The van der Waals surface area contributed by atoms with Crippen LogP contribution >= 0.6 is 0 Å². The second kappa shape index (κ2) is 5.65. The molecule has 1 aliphatic rings. The smallest absolute Gasteiger partial charge is 0.132 e. The summed E-state index contributed by atoms with van der Waals surface area (Å²) in [5.74, 6) is 1.94. The van der Waals surface area contributed by atoms with E-state index in [1.54, 1.807) is 0 Å². The molecular weight excluding hydrogens is 224 g/mol. The molecule has 0 spiro atoms. The van der Waals surface area contributed by atoms with E-state index in [4.69, 9.17) is 0 Å². The lowest BCUT2D eigenvalue weighted by atomic mass is 10.1. The minimum absolute atomic E-state index is 0.572. The first-order chi connectivity index (χ1) is 8.60. The van der Waals surface area contributed by atoms with Crippen molar-refractivity contribution < 1.29 is 0 Å². The molecule has 1 saturated heterocycles. The van der Waals surface area contributed by atoms with Gasteiger partial charge in [0.15, 0.2) is 0 Å². The Morgan fingerprint density at radius 3 is 2.89 bits per heavy atom. The van der Waals surface area contributed by atoms with E-state index in [0.29, 0.717) is 6.04 Å². The van der Waals surface area contributed by atoms with Gasteiger partial charge in [0.25, 0.3) is 0 Å². The topological polar surface area (TPSA) is 32.3 Å². The minimum Gasteiger partial charge on any atom is -0.355 e. The standard InChI is InChI=1S/C14H24N4/c1-5-12-9-14(16-11(2)15-12)18(4)13-7-6-8-17(3)10-13/h9,13H,5-8,10H2,1-4H3. The van der Waals surface area contributed by atoms with Crippen LogP contribution in [0.2, 0.25) is 0 Å². The predicted octanol–water partition coefficient (Wildman–Crippen LogP) is 1.88. The molecule has 0 radical (unpaired) electrons. The third kappa shape index (κ3) is 2.99. The molecule has 100 valence electrons. The highest BCUT2D eigenvalue weighted by molar-refractivity contribution is 5.40. The molecule has 1 aromatic heterocycles. The number of aryl methyl sites for hydroxylation is 2. The molecule has 2 heterocycles. The molecule has 2 rings (SSSR count). The third-order valence-corrected chi connectivity index (χ3v) is 3.75. The van der Waals surface area contributed by atoms with Crippen LogP contribution in [0.3, 0.4) is 0 Å². The molecule has 1 unspecified atom stereocenters. The molecule has 1 aliphatic heterocycles. The van der Waals surface area contributed by atoms with Gasteiger partial charge >= 0.3 is 0 Å². The number of likely N-dealkylation sites (N-methyl/N-ethyl adjacent to an activating group) is 2. The maximum Gasteiger partial charge on any atom is 0.132 e. The van der Waals surface area contributed by atoms with E-state index in [2.05, 4.69) is 46.9 Å². The average molecular weight is 248 g/mol. The van der Waals surface area contributed by atoms with Gasteiger partial charge in [-0.3, -0.25) is 0 Å². The molecule has 4 heteroatoms. The van der Waals surface area contributed by atoms with Gasteiger partial charge in [-0.15, -0.1) is 0 Å². The van der Waals surface area contributed by atoms with Crippen LogP contribution in [0.4, 0.5) is 5.82 Å². The van der Waals surface area contributed by atoms with Crippen LogP contribution in [-0.4, -0.2) is 48.1 Å². The summed E-state index contributed by atoms with van der Waals surface area (Å²) in [6.45, 7) is 6.46. The zero-order valence-corrected chi connectivity index (χ0v) is 12.0. The molecule has 0 amide bonds. The van der Waals surface area contributed by atoms with Crippen LogP contribution in [-0.2, 0) is 6.42 Å². The molecular formula is C14H24N4. The fraction of sp³-hybridized carbons (Fsp3) is 0.714. The number of hydrogen-bond acceptors (Lipinski definition) is 4. The van der Waals surface area contributed by atoms with Gasteiger partial charge in [0.1, 0.15) is 11.6 Å². The van der Waals surface area contributed by atoms with Crippen molar-refractivity contribution in [3.8, 4) is 0 Å². The van der Waals surface area contributed by atoms with Crippen molar-refractivity contribution in [3.63, 3.8) is 0 Å². The fourth-order valence-corrected chi connectivity index (χ4v) is 2.62. The van der Waals surface area contributed by atoms with Gasteiger partial charge in [-0.25, -0.2) is 9.97 Å². The van der Waals surface area contributed by atoms with E-state index in [-0.39, 0.29) is 0 Å². The molecule has 0 aliphatic carbocycles. The summed E-state index contributed by atoms with van der Waals surface area (Å²) in [7, 11) is 4.35. The van der Waals surface area contributed by atoms with Crippen molar-refractivity contribution in [3.05, 3.63) is 17.6 Å². The zero-order chi connectivity index (χ0) is 13.1. The van der Waals surface area contributed by atoms with Crippen molar-refractivity contribution in [2.75, 3.05) is 32.1 Å². The quantitative estimate of drug-likeness (QED) is 0.817. The SMILES string of the molecule is CCc1cc(N(C)C2CCCN(C)C2)nc(C)n1. The Kier molecular flexibility index (Phi) is 4.17. The Hall–Kier alpha value is -1.16. The second-order valence-electron chi connectivity index (χ2n) is 5.29. The van der Waals surface area contributed by atoms with Crippen molar-refractivity contribution in [2.45, 2.75) is 39.2 Å². The molecule has 0 saturated carbocycles. The fourth-order valence-electron chi connectivity index (χ4n) is 2.62. The summed E-state index contributed by atoms with van der Waals surface area (Å²) < 4.78 is 0. The first-order valence-corrected chi connectivity index (χ1v) is 6.86. The van der Waals surface area contributed by atoms with Crippen molar-refractivity contribution in [2.24, 2.45) is 0 Å². The predicted molar refractivity (Wildman–Crippen MR) is 75.1 cm³/mol. The van der Waals surface area contributed by atoms with E-state index >= 15 is 0 Å². The largest absolute Gasteiger partial charge is 0.355 e. The maximum absolute atomic E-state index is 4.58. The van der Waals surface area contributed by atoms with E-state index in [0.717, 1.165) is 30.3 Å².